The van der Waals surface area contributed by atoms with Crippen LogP contribution in [-0.2, 0) is 0 Å². The number of carbonyl (C=O) groups is 1. The van der Waals surface area contributed by atoms with Crippen molar-refractivity contribution < 1.29 is 9.90 Å². The Hall–Kier alpha value is -2.57. The Morgan fingerprint density at radius 2 is 2.24 bits per heavy atom. The smallest absolute Gasteiger partial charge is 0.268 e. The van der Waals surface area contributed by atoms with Gasteiger partial charge in [0, 0.05) is 34.9 Å². The number of aliphatic hydroxyl groups is 1. The summed E-state index contributed by atoms with van der Waals surface area (Å²) in [6, 6.07) is 3.98. The van der Waals surface area contributed by atoms with Crippen molar-refractivity contribution in [3.05, 3.63) is 59.0 Å². The fraction of sp³-hybridized carbons (Fsp3) is 0.364. The molecule has 2 aromatic rings. The Labute approximate surface area is 175 Å². The second kappa shape index (κ2) is 8.43. The number of nitrogens with one attached hydrogen (secondary N) is 3. The van der Waals surface area contributed by atoms with Gasteiger partial charge >= 0.3 is 0 Å². The van der Waals surface area contributed by atoms with Gasteiger partial charge in [-0.15, -0.1) is 0 Å². The molecule has 4 rings (SSSR count). The summed E-state index contributed by atoms with van der Waals surface area (Å²) >= 11 is 6.06. The fourth-order valence-electron chi connectivity index (χ4n) is 3.51. The molecule has 0 aliphatic heterocycles. The average molecular weight is 413 g/mol. The lowest BCUT2D eigenvalue weighted by Gasteiger charge is -2.24. The van der Waals surface area contributed by atoms with E-state index in [1.54, 1.807) is 0 Å². The summed E-state index contributed by atoms with van der Waals surface area (Å²) in [5.41, 5.74) is 3.45. The molecule has 0 radical (unpaired) electrons. The zero-order valence-electron chi connectivity index (χ0n) is 16.3. The van der Waals surface area contributed by atoms with Gasteiger partial charge in [0.2, 0.25) is 0 Å². The summed E-state index contributed by atoms with van der Waals surface area (Å²) in [7, 11) is 0. The third kappa shape index (κ3) is 4.71. The molecule has 4 N–H and O–H groups in total. The van der Waals surface area contributed by atoms with Crippen LogP contribution < -0.4 is 10.6 Å². The van der Waals surface area contributed by atoms with Crippen LogP contribution in [0.3, 0.4) is 0 Å². The maximum atomic E-state index is 12.7. The van der Waals surface area contributed by atoms with Crippen LogP contribution in [0.5, 0.6) is 0 Å². The minimum Gasteiger partial charge on any atom is -0.394 e. The number of anilines is 1. The zero-order chi connectivity index (χ0) is 20.4. The number of aromatic amines is 1. The highest BCUT2D eigenvalue weighted by molar-refractivity contribution is 6.31. The number of amides is 1. The Balaban J connectivity index is 1.48. The highest BCUT2D eigenvalue weighted by Gasteiger charge is 2.24. The molecule has 1 amide bonds. The number of nitrogens with zero attached hydrogens (tertiary/aromatic N) is 1. The van der Waals surface area contributed by atoms with Crippen LogP contribution in [0.2, 0.25) is 0 Å². The zero-order valence-corrected chi connectivity index (χ0v) is 17.0. The number of pyridine rings is 1. The predicted octanol–water partition coefficient (Wildman–Crippen LogP) is 3.75. The molecule has 1 fully saturated rings. The molecule has 6 nitrogen and oxygen atoms in total. The topological polar surface area (TPSA) is 90.0 Å². The van der Waals surface area contributed by atoms with E-state index in [2.05, 4.69) is 20.6 Å². The number of aromatic nitrogens is 2. The van der Waals surface area contributed by atoms with Crippen molar-refractivity contribution in [2.45, 2.75) is 38.3 Å². The van der Waals surface area contributed by atoms with Gasteiger partial charge in [-0.3, -0.25) is 4.79 Å². The maximum absolute atomic E-state index is 12.7. The fourth-order valence-corrected chi connectivity index (χ4v) is 3.76. The van der Waals surface area contributed by atoms with E-state index in [1.807, 2.05) is 49.7 Å². The highest BCUT2D eigenvalue weighted by Crippen LogP contribution is 2.29. The van der Waals surface area contributed by atoms with Crippen molar-refractivity contribution in [1.82, 2.24) is 15.3 Å². The van der Waals surface area contributed by atoms with Crippen LogP contribution in [0, 0.1) is 12.8 Å². The number of carbonyl (C=O) groups excluding carboxylic acids is 1. The number of halogens is 1. The van der Waals surface area contributed by atoms with Gasteiger partial charge < -0.3 is 20.7 Å². The lowest BCUT2D eigenvalue weighted by molar-refractivity contribution is 0.0895. The second-order valence-corrected chi connectivity index (χ2v) is 8.16. The van der Waals surface area contributed by atoms with Crippen molar-refractivity contribution in [1.29, 1.82) is 0 Å². The Kier molecular flexibility index (Phi) is 5.74. The second-order valence-electron chi connectivity index (χ2n) is 7.72. The van der Waals surface area contributed by atoms with E-state index in [4.69, 9.17) is 11.6 Å². The largest absolute Gasteiger partial charge is 0.394 e. The molecule has 2 aliphatic carbocycles. The molecular formula is C22H25ClN4O2. The number of allylic oxidation sites excluding steroid dienone is 3. The molecule has 2 heterocycles. The molecule has 152 valence electrons. The molecule has 1 unspecified atom stereocenters. The predicted molar refractivity (Wildman–Crippen MR) is 115 cm³/mol. The van der Waals surface area contributed by atoms with Crippen LogP contribution >= 0.6 is 11.6 Å². The summed E-state index contributed by atoms with van der Waals surface area (Å²) in [6.45, 7) is 1.85. The van der Waals surface area contributed by atoms with Crippen molar-refractivity contribution in [3.63, 3.8) is 0 Å². The van der Waals surface area contributed by atoms with Gasteiger partial charge in [0.05, 0.1) is 12.6 Å². The third-order valence-corrected chi connectivity index (χ3v) is 5.61. The first-order chi connectivity index (χ1) is 14.0. The van der Waals surface area contributed by atoms with Crippen LogP contribution in [0.1, 0.15) is 35.3 Å². The molecule has 0 bridgehead atoms. The molecular weight excluding hydrogens is 388 g/mol. The highest BCUT2D eigenvalue weighted by atomic mass is 35.5. The lowest BCUT2D eigenvalue weighted by Crippen LogP contribution is -2.42. The van der Waals surface area contributed by atoms with E-state index in [0.29, 0.717) is 16.8 Å². The Bertz CT molecular complexity index is 961. The van der Waals surface area contributed by atoms with Gasteiger partial charge in [0.25, 0.3) is 5.91 Å². The molecule has 0 spiro atoms. The summed E-state index contributed by atoms with van der Waals surface area (Å²) in [5.74, 6) is 0.571. The maximum Gasteiger partial charge on any atom is 0.268 e. The summed E-state index contributed by atoms with van der Waals surface area (Å²) in [5, 5.41) is 16.7. The van der Waals surface area contributed by atoms with E-state index in [-0.39, 0.29) is 18.4 Å². The third-order valence-electron chi connectivity index (χ3n) is 5.36. The van der Waals surface area contributed by atoms with E-state index >= 15 is 0 Å². The van der Waals surface area contributed by atoms with Gasteiger partial charge in [-0.25, -0.2) is 4.98 Å². The van der Waals surface area contributed by atoms with Crippen LogP contribution in [0.15, 0.2) is 47.8 Å². The van der Waals surface area contributed by atoms with Crippen LogP contribution in [-0.4, -0.2) is 39.7 Å². The molecule has 2 aromatic heterocycles. The van der Waals surface area contributed by atoms with Gasteiger partial charge in [0.1, 0.15) is 11.5 Å². The Morgan fingerprint density at radius 1 is 1.41 bits per heavy atom. The molecule has 29 heavy (non-hydrogen) atoms. The molecule has 0 aromatic carbocycles. The first kappa shape index (κ1) is 19.7. The van der Waals surface area contributed by atoms with E-state index in [9.17, 15) is 9.90 Å². The van der Waals surface area contributed by atoms with E-state index in [1.165, 1.54) is 12.8 Å². The first-order valence-electron chi connectivity index (χ1n) is 9.91. The van der Waals surface area contributed by atoms with Gasteiger partial charge in [-0.05, 0) is 55.5 Å². The molecule has 0 saturated heterocycles. The minimum atomic E-state index is -0.398. The molecule has 7 heteroatoms. The Morgan fingerprint density at radius 3 is 2.97 bits per heavy atom. The van der Waals surface area contributed by atoms with Crippen molar-refractivity contribution >= 4 is 23.3 Å². The minimum absolute atomic E-state index is 0.0330. The van der Waals surface area contributed by atoms with E-state index in [0.717, 1.165) is 28.9 Å². The summed E-state index contributed by atoms with van der Waals surface area (Å²) in [6.07, 6.45) is 12.4. The van der Waals surface area contributed by atoms with Gasteiger partial charge in [0.15, 0.2) is 0 Å². The number of rotatable bonds is 7. The number of aryl methyl sites for hydroxylation is 1. The number of aliphatic hydroxyl groups excluding tert-OH is 1. The van der Waals surface area contributed by atoms with Crippen molar-refractivity contribution in [3.8, 4) is 11.1 Å². The molecule has 1 saturated carbocycles. The lowest BCUT2D eigenvalue weighted by atomic mass is 9.93. The number of hydrogen-bond acceptors (Lipinski definition) is 4. The van der Waals surface area contributed by atoms with Crippen LogP contribution in [0.4, 0.5) is 5.82 Å². The number of hydrogen-bond donors (Lipinski definition) is 4. The summed E-state index contributed by atoms with van der Waals surface area (Å²) < 4.78 is 0. The van der Waals surface area contributed by atoms with Crippen molar-refractivity contribution in [2.24, 2.45) is 5.92 Å². The van der Waals surface area contributed by atoms with Crippen LogP contribution in [0.25, 0.3) is 11.1 Å². The monoisotopic (exact) mass is 412 g/mol. The summed E-state index contributed by atoms with van der Waals surface area (Å²) in [4.78, 5) is 20.2. The first-order valence-corrected chi connectivity index (χ1v) is 10.3. The SMILES string of the molecule is Cc1cnc(NC2CC2)cc1-c1c[nH]c(C(=O)N[C@H](CO)C2C=C(Cl)C=CC2)c1. The normalized spacial score (nSPS) is 19.6. The molecule has 2 atom stereocenters. The average Bonchev–Trinajstić information content (AvgIpc) is 3.39. The molecule has 2 aliphatic rings. The van der Waals surface area contributed by atoms with Crippen molar-refractivity contribution in [2.75, 3.05) is 11.9 Å². The number of H-pyrrole nitrogens is 1. The quantitative estimate of drug-likeness (QED) is 0.557. The standard InChI is InChI=1S/C22H25ClN4O2/c1-13-10-25-21(26-17-5-6-17)9-18(13)15-8-19(24-11-15)22(29)27-20(12-28)14-3-2-4-16(23)7-14/h2,4,7-11,14,17,20,24,28H,3,5-6,12H2,1H3,(H,25,26)(H,27,29)/t14?,20-/m1/s1. The van der Waals surface area contributed by atoms with Gasteiger partial charge in [-0.2, -0.15) is 0 Å². The van der Waals surface area contributed by atoms with Gasteiger partial charge in [-0.1, -0.05) is 23.8 Å². The van der Waals surface area contributed by atoms with E-state index < -0.39 is 6.04 Å².